The number of sulfonamides is 1. The molecule has 0 aliphatic carbocycles. The smallest absolute Gasteiger partial charge is 0.251 e. The van der Waals surface area contributed by atoms with Gasteiger partial charge in [0.25, 0.3) is 5.91 Å². The van der Waals surface area contributed by atoms with Crippen LogP contribution in [0, 0.1) is 5.92 Å². The first-order chi connectivity index (χ1) is 9.16. The molecule has 0 spiro atoms. The van der Waals surface area contributed by atoms with Gasteiger partial charge in [-0.15, -0.1) is 0 Å². The molecule has 0 fully saturated rings. The number of hydrogen-bond donors (Lipinski definition) is 1. The highest BCUT2D eigenvalue weighted by Crippen LogP contribution is 2.15. The first kappa shape index (κ1) is 16.7. The van der Waals surface area contributed by atoms with Crippen LogP contribution in [-0.4, -0.2) is 38.8 Å². The molecular formula is C14H22N2O3S. The quantitative estimate of drug-likeness (QED) is 0.900. The minimum Gasteiger partial charge on any atom is -0.349 e. The molecule has 6 heteroatoms. The zero-order valence-electron chi connectivity index (χ0n) is 12.5. The lowest BCUT2D eigenvalue weighted by atomic mass is 10.1. The Morgan fingerprint density at radius 2 is 1.80 bits per heavy atom. The van der Waals surface area contributed by atoms with Crippen LogP contribution >= 0.6 is 0 Å². The Bertz CT molecular complexity index is 580. The highest BCUT2D eigenvalue weighted by atomic mass is 32.2. The Kier molecular flexibility index (Phi) is 5.30. The maximum Gasteiger partial charge on any atom is 0.251 e. The number of nitrogens with zero attached hydrogens (tertiary/aromatic N) is 1. The van der Waals surface area contributed by atoms with E-state index < -0.39 is 10.0 Å². The molecule has 1 rings (SSSR count). The Morgan fingerprint density at radius 1 is 1.20 bits per heavy atom. The minimum absolute atomic E-state index is 0.0246. The standard InChI is InChI=1S/C14H22N2O3S/c1-10(2)11(3)15-14(17)12-7-6-8-13(9-12)20(18,19)16(4)5/h6-11H,1-5H3,(H,15,17)/t11-/m1/s1. The van der Waals surface area contributed by atoms with Crippen molar-refractivity contribution in [2.75, 3.05) is 14.1 Å². The van der Waals surface area contributed by atoms with Gasteiger partial charge in [-0.3, -0.25) is 4.79 Å². The van der Waals surface area contributed by atoms with Gasteiger partial charge in [0.05, 0.1) is 4.90 Å². The normalized spacial score (nSPS) is 13.6. The Hall–Kier alpha value is -1.40. The van der Waals surface area contributed by atoms with Crippen molar-refractivity contribution in [2.45, 2.75) is 31.7 Å². The molecule has 0 aromatic heterocycles. The van der Waals surface area contributed by atoms with Gasteiger partial charge in [-0.1, -0.05) is 19.9 Å². The van der Waals surface area contributed by atoms with E-state index in [0.717, 1.165) is 4.31 Å². The summed E-state index contributed by atoms with van der Waals surface area (Å²) in [5.41, 5.74) is 0.348. The summed E-state index contributed by atoms with van der Waals surface area (Å²) in [5, 5.41) is 2.86. The van der Waals surface area contributed by atoms with E-state index in [4.69, 9.17) is 0 Å². The van der Waals surface area contributed by atoms with Crippen LogP contribution in [0.4, 0.5) is 0 Å². The molecule has 0 heterocycles. The van der Waals surface area contributed by atoms with Crippen LogP contribution in [0.2, 0.25) is 0 Å². The highest BCUT2D eigenvalue weighted by molar-refractivity contribution is 7.89. The van der Waals surface area contributed by atoms with E-state index in [1.54, 1.807) is 12.1 Å². The van der Waals surface area contributed by atoms with Gasteiger partial charge in [-0.05, 0) is 31.0 Å². The number of rotatable bonds is 5. The molecule has 0 radical (unpaired) electrons. The van der Waals surface area contributed by atoms with Crippen LogP contribution < -0.4 is 5.32 Å². The van der Waals surface area contributed by atoms with E-state index in [9.17, 15) is 13.2 Å². The van der Waals surface area contributed by atoms with Crippen molar-refractivity contribution in [3.63, 3.8) is 0 Å². The lowest BCUT2D eigenvalue weighted by molar-refractivity contribution is 0.0930. The number of carbonyl (C=O) groups excluding carboxylic acids is 1. The van der Waals surface area contributed by atoms with Crippen molar-refractivity contribution < 1.29 is 13.2 Å². The maximum atomic E-state index is 12.1. The fraction of sp³-hybridized carbons (Fsp3) is 0.500. The van der Waals surface area contributed by atoms with Crippen molar-refractivity contribution in [3.05, 3.63) is 29.8 Å². The summed E-state index contributed by atoms with van der Waals surface area (Å²) in [6, 6.07) is 6.09. The lowest BCUT2D eigenvalue weighted by Gasteiger charge is -2.18. The molecule has 0 unspecified atom stereocenters. The van der Waals surface area contributed by atoms with E-state index in [2.05, 4.69) is 5.32 Å². The van der Waals surface area contributed by atoms with Crippen molar-refractivity contribution >= 4 is 15.9 Å². The van der Waals surface area contributed by atoms with Gasteiger partial charge in [0.15, 0.2) is 0 Å². The molecule has 1 aromatic rings. The van der Waals surface area contributed by atoms with E-state index in [0.29, 0.717) is 11.5 Å². The predicted octanol–water partition coefficient (Wildman–Crippen LogP) is 1.71. The molecule has 0 aliphatic heterocycles. The third-order valence-electron chi connectivity index (χ3n) is 3.23. The number of hydrogen-bond acceptors (Lipinski definition) is 3. The second-order valence-electron chi connectivity index (χ2n) is 5.32. The summed E-state index contributed by atoms with van der Waals surface area (Å²) in [5.74, 6) is 0.0506. The van der Waals surface area contributed by atoms with Crippen LogP contribution in [0.3, 0.4) is 0 Å². The van der Waals surface area contributed by atoms with Gasteiger partial charge in [-0.2, -0.15) is 0 Å². The molecule has 1 amide bonds. The van der Waals surface area contributed by atoms with Crippen LogP contribution in [0.1, 0.15) is 31.1 Å². The summed E-state index contributed by atoms with van der Waals surface area (Å²) >= 11 is 0. The topological polar surface area (TPSA) is 66.5 Å². The van der Waals surface area contributed by atoms with E-state index in [1.807, 2.05) is 20.8 Å². The average molecular weight is 298 g/mol. The second-order valence-corrected chi connectivity index (χ2v) is 7.47. The number of nitrogens with one attached hydrogen (secondary N) is 1. The van der Waals surface area contributed by atoms with Crippen LogP contribution in [0.25, 0.3) is 0 Å². The van der Waals surface area contributed by atoms with E-state index in [-0.39, 0.29) is 16.8 Å². The summed E-state index contributed by atoms with van der Waals surface area (Å²) in [6.07, 6.45) is 0. The zero-order valence-corrected chi connectivity index (χ0v) is 13.4. The maximum absolute atomic E-state index is 12.1. The molecule has 1 atom stereocenters. The molecule has 0 aliphatic rings. The predicted molar refractivity (Wildman–Crippen MR) is 79.1 cm³/mol. The summed E-state index contributed by atoms with van der Waals surface area (Å²) in [7, 11) is -0.602. The van der Waals surface area contributed by atoms with Gasteiger partial charge in [0.1, 0.15) is 0 Å². The fourth-order valence-corrected chi connectivity index (χ4v) is 2.41. The number of benzene rings is 1. The lowest BCUT2D eigenvalue weighted by Crippen LogP contribution is -2.36. The van der Waals surface area contributed by atoms with Gasteiger partial charge < -0.3 is 5.32 Å². The highest BCUT2D eigenvalue weighted by Gasteiger charge is 2.19. The SMILES string of the molecule is CC(C)[C@@H](C)NC(=O)c1cccc(S(=O)(=O)N(C)C)c1. The molecule has 5 nitrogen and oxygen atoms in total. The Balaban J connectivity index is 3.03. The van der Waals surface area contributed by atoms with Gasteiger partial charge >= 0.3 is 0 Å². The van der Waals surface area contributed by atoms with Gasteiger partial charge in [-0.25, -0.2) is 12.7 Å². The third kappa shape index (κ3) is 3.80. The molecule has 1 aromatic carbocycles. The second kappa shape index (κ2) is 6.37. The van der Waals surface area contributed by atoms with Gasteiger partial charge in [0, 0.05) is 25.7 Å². The van der Waals surface area contributed by atoms with Crippen LogP contribution in [0.5, 0.6) is 0 Å². The number of carbonyl (C=O) groups is 1. The Labute approximate surface area is 121 Å². The van der Waals surface area contributed by atoms with E-state index in [1.165, 1.54) is 26.2 Å². The van der Waals surface area contributed by atoms with Crippen LogP contribution in [0.15, 0.2) is 29.2 Å². The first-order valence-electron chi connectivity index (χ1n) is 6.49. The minimum atomic E-state index is -3.52. The molecule has 112 valence electrons. The zero-order chi connectivity index (χ0) is 15.5. The summed E-state index contributed by atoms with van der Waals surface area (Å²) in [4.78, 5) is 12.2. The first-order valence-corrected chi connectivity index (χ1v) is 7.93. The molecule has 0 saturated heterocycles. The van der Waals surface area contributed by atoms with Crippen molar-refractivity contribution in [1.29, 1.82) is 0 Å². The third-order valence-corrected chi connectivity index (χ3v) is 5.04. The molecule has 1 N–H and O–H groups in total. The van der Waals surface area contributed by atoms with Crippen molar-refractivity contribution in [2.24, 2.45) is 5.92 Å². The largest absolute Gasteiger partial charge is 0.349 e. The monoisotopic (exact) mass is 298 g/mol. The molecule has 20 heavy (non-hydrogen) atoms. The Morgan fingerprint density at radius 3 is 2.30 bits per heavy atom. The van der Waals surface area contributed by atoms with Crippen LogP contribution in [-0.2, 0) is 10.0 Å². The molecule has 0 saturated carbocycles. The number of amides is 1. The summed E-state index contributed by atoms with van der Waals surface area (Å²) < 4.78 is 25.2. The molecular weight excluding hydrogens is 276 g/mol. The van der Waals surface area contributed by atoms with E-state index >= 15 is 0 Å². The molecule has 0 bridgehead atoms. The fourth-order valence-electron chi connectivity index (χ4n) is 1.47. The van der Waals surface area contributed by atoms with Crippen molar-refractivity contribution in [1.82, 2.24) is 9.62 Å². The summed E-state index contributed by atoms with van der Waals surface area (Å²) in [6.45, 7) is 5.94. The van der Waals surface area contributed by atoms with Gasteiger partial charge in [0.2, 0.25) is 10.0 Å². The average Bonchev–Trinajstić information content (AvgIpc) is 2.38. The van der Waals surface area contributed by atoms with Crippen molar-refractivity contribution in [3.8, 4) is 0 Å².